The standard InChI is InChI=1S/C11H16N2O3/c1-7-2-9(8(6-14)3-12-7)13-4-10(15)11(16)5-13/h2-3,10-11,14-16H,4-6H2,1H3. The van der Waals surface area contributed by atoms with Gasteiger partial charge in [0.25, 0.3) is 0 Å². The van der Waals surface area contributed by atoms with Crippen LogP contribution in [0.4, 0.5) is 5.69 Å². The Kier molecular flexibility index (Phi) is 3.09. The zero-order valence-corrected chi connectivity index (χ0v) is 9.17. The Morgan fingerprint density at radius 3 is 2.56 bits per heavy atom. The first kappa shape index (κ1) is 11.3. The van der Waals surface area contributed by atoms with Crippen LogP contribution < -0.4 is 4.90 Å². The van der Waals surface area contributed by atoms with E-state index in [0.717, 1.165) is 11.4 Å². The molecular formula is C11H16N2O3. The first-order valence-electron chi connectivity index (χ1n) is 5.29. The molecule has 0 amide bonds. The highest BCUT2D eigenvalue weighted by Crippen LogP contribution is 2.25. The number of aliphatic hydroxyl groups is 3. The molecular weight excluding hydrogens is 208 g/mol. The van der Waals surface area contributed by atoms with Gasteiger partial charge >= 0.3 is 0 Å². The number of aryl methyl sites for hydroxylation is 1. The lowest BCUT2D eigenvalue weighted by Gasteiger charge is -2.20. The Labute approximate surface area is 94.0 Å². The average molecular weight is 224 g/mol. The average Bonchev–Trinajstić information content (AvgIpc) is 2.59. The third-order valence-electron chi connectivity index (χ3n) is 2.87. The predicted octanol–water partition coefficient (Wildman–Crippen LogP) is -0.576. The van der Waals surface area contributed by atoms with Crippen molar-refractivity contribution < 1.29 is 15.3 Å². The van der Waals surface area contributed by atoms with Crippen LogP contribution in [0.15, 0.2) is 12.3 Å². The zero-order valence-electron chi connectivity index (χ0n) is 9.17. The van der Waals surface area contributed by atoms with Crippen molar-refractivity contribution in [2.75, 3.05) is 18.0 Å². The van der Waals surface area contributed by atoms with Crippen LogP contribution in [0.5, 0.6) is 0 Å². The molecule has 2 atom stereocenters. The minimum atomic E-state index is -0.722. The number of nitrogens with zero attached hydrogens (tertiary/aromatic N) is 2. The summed E-state index contributed by atoms with van der Waals surface area (Å²) in [5, 5.41) is 28.2. The number of hydrogen-bond acceptors (Lipinski definition) is 5. The van der Waals surface area contributed by atoms with E-state index in [1.807, 2.05) is 17.9 Å². The van der Waals surface area contributed by atoms with Crippen LogP contribution in [-0.4, -0.2) is 45.6 Å². The number of pyridine rings is 1. The lowest BCUT2D eigenvalue weighted by atomic mass is 10.2. The lowest BCUT2D eigenvalue weighted by Crippen LogP contribution is -2.22. The lowest BCUT2D eigenvalue weighted by molar-refractivity contribution is 0.0572. The molecule has 5 nitrogen and oxygen atoms in total. The molecule has 2 unspecified atom stereocenters. The van der Waals surface area contributed by atoms with Gasteiger partial charge in [-0.25, -0.2) is 0 Å². The quantitative estimate of drug-likeness (QED) is 0.627. The summed E-state index contributed by atoms with van der Waals surface area (Å²) >= 11 is 0. The Balaban J connectivity index is 2.29. The maximum atomic E-state index is 9.49. The maximum Gasteiger partial charge on any atom is 0.0990 e. The van der Waals surface area contributed by atoms with Crippen LogP contribution in [-0.2, 0) is 6.61 Å². The monoisotopic (exact) mass is 224 g/mol. The maximum absolute atomic E-state index is 9.49. The number of hydrogen-bond donors (Lipinski definition) is 3. The molecule has 1 fully saturated rings. The molecule has 2 rings (SSSR count). The first-order chi connectivity index (χ1) is 7.61. The second-order valence-corrected chi connectivity index (χ2v) is 4.15. The third-order valence-corrected chi connectivity index (χ3v) is 2.87. The van der Waals surface area contributed by atoms with Crippen LogP contribution in [0.2, 0.25) is 0 Å². The highest BCUT2D eigenvalue weighted by atomic mass is 16.3. The van der Waals surface area contributed by atoms with Gasteiger partial charge in [0.05, 0.1) is 18.8 Å². The van der Waals surface area contributed by atoms with Crippen molar-refractivity contribution in [1.29, 1.82) is 0 Å². The minimum absolute atomic E-state index is 0.0920. The Hall–Kier alpha value is -1.17. The summed E-state index contributed by atoms with van der Waals surface area (Å²) in [5.74, 6) is 0. The molecule has 0 aliphatic carbocycles. The van der Waals surface area contributed by atoms with Gasteiger partial charge in [-0.05, 0) is 13.0 Å². The number of anilines is 1. The summed E-state index contributed by atoms with van der Waals surface area (Å²) in [7, 11) is 0. The van der Waals surface area contributed by atoms with Crippen LogP contribution >= 0.6 is 0 Å². The molecule has 16 heavy (non-hydrogen) atoms. The van der Waals surface area contributed by atoms with E-state index in [-0.39, 0.29) is 6.61 Å². The van der Waals surface area contributed by atoms with Crippen LogP contribution in [0.1, 0.15) is 11.3 Å². The van der Waals surface area contributed by atoms with Gasteiger partial charge in [0.15, 0.2) is 0 Å². The number of aliphatic hydroxyl groups excluding tert-OH is 3. The molecule has 2 heterocycles. The SMILES string of the molecule is Cc1cc(N2CC(O)C(O)C2)c(CO)cn1. The van der Waals surface area contributed by atoms with E-state index in [2.05, 4.69) is 4.98 Å². The van der Waals surface area contributed by atoms with Gasteiger partial charge in [0, 0.05) is 36.2 Å². The molecule has 0 aromatic carbocycles. The van der Waals surface area contributed by atoms with Crippen molar-refractivity contribution >= 4 is 5.69 Å². The summed E-state index contributed by atoms with van der Waals surface area (Å²) in [6.45, 7) is 2.55. The highest BCUT2D eigenvalue weighted by Gasteiger charge is 2.30. The fourth-order valence-electron chi connectivity index (χ4n) is 1.96. The van der Waals surface area contributed by atoms with E-state index in [0.29, 0.717) is 18.7 Å². The van der Waals surface area contributed by atoms with Crippen molar-refractivity contribution in [3.05, 3.63) is 23.5 Å². The van der Waals surface area contributed by atoms with Crippen molar-refractivity contribution in [1.82, 2.24) is 4.98 Å². The Morgan fingerprint density at radius 2 is 2.00 bits per heavy atom. The van der Waals surface area contributed by atoms with Gasteiger partial charge < -0.3 is 20.2 Å². The number of aromatic nitrogens is 1. The van der Waals surface area contributed by atoms with E-state index < -0.39 is 12.2 Å². The zero-order chi connectivity index (χ0) is 11.7. The fourth-order valence-corrected chi connectivity index (χ4v) is 1.96. The second-order valence-electron chi connectivity index (χ2n) is 4.15. The predicted molar refractivity (Wildman–Crippen MR) is 59.1 cm³/mol. The van der Waals surface area contributed by atoms with Gasteiger partial charge in [-0.1, -0.05) is 0 Å². The van der Waals surface area contributed by atoms with E-state index in [4.69, 9.17) is 0 Å². The normalized spacial score (nSPS) is 25.1. The molecule has 1 aromatic heterocycles. The van der Waals surface area contributed by atoms with Crippen molar-refractivity contribution in [2.24, 2.45) is 0 Å². The van der Waals surface area contributed by atoms with E-state index in [9.17, 15) is 15.3 Å². The number of rotatable bonds is 2. The van der Waals surface area contributed by atoms with E-state index in [1.54, 1.807) is 6.20 Å². The molecule has 0 saturated carbocycles. The van der Waals surface area contributed by atoms with Gasteiger partial charge in [0.2, 0.25) is 0 Å². The molecule has 0 radical (unpaired) electrons. The fraction of sp³-hybridized carbons (Fsp3) is 0.545. The van der Waals surface area contributed by atoms with Crippen molar-refractivity contribution in [2.45, 2.75) is 25.7 Å². The molecule has 1 aromatic rings. The molecule has 1 aliphatic heterocycles. The van der Waals surface area contributed by atoms with Crippen LogP contribution in [0, 0.1) is 6.92 Å². The molecule has 0 spiro atoms. The summed E-state index contributed by atoms with van der Waals surface area (Å²) < 4.78 is 0. The van der Waals surface area contributed by atoms with Gasteiger partial charge in [-0.2, -0.15) is 0 Å². The first-order valence-corrected chi connectivity index (χ1v) is 5.29. The molecule has 1 saturated heterocycles. The van der Waals surface area contributed by atoms with E-state index >= 15 is 0 Å². The molecule has 0 bridgehead atoms. The number of β-amino-alcohol motifs (C(OH)–C–C–N with tert-alkyl or cyclic N) is 2. The van der Waals surface area contributed by atoms with Gasteiger partial charge in [-0.3, -0.25) is 4.98 Å². The van der Waals surface area contributed by atoms with E-state index in [1.165, 1.54) is 0 Å². The molecule has 88 valence electrons. The summed E-state index contributed by atoms with van der Waals surface area (Å²) in [4.78, 5) is 5.98. The molecule has 5 heteroatoms. The summed E-state index contributed by atoms with van der Waals surface area (Å²) in [6.07, 6.45) is 0.182. The topological polar surface area (TPSA) is 76.8 Å². The third kappa shape index (κ3) is 2.02. The van der Waals surface area contributed by atoms with Gasteiger partial charge in [0.1, 0.15) is 0 Å². The van der Waals surface area contributed by atoms with Crippen molar-refractivity contribution in [3.8, 4) is 0 Å². The smallest absolute Gasteiger partial charge is 0.0990 e. The Morgan fingerprint density at radius 1 is 1.38 bits per heavy atom. The van der Waals surface area contributed by atoms with Crippen LogP contribution in [0.25, 0.3) is 0 Å². The largest absolute Gasteiger partial charge is 0.392 e. The highest BCUT2D eigenvalue weighted by molar-refractivity contribution is 5.54. The second kappa shape index (κ2) is 4.37. The minimum Gasteiger partial charge on any atom is -0.392 e. The Bertz CT molecular complexity index is 373. The molecule has 1 aliphatic rings. The van der Waals surface area contributed by atoms with Crippen LogP contribution in [0.3, 0.4) is 0 Å². The van der Waals surface area contributed by atoms with Gasteiger partial charge in [-0.15, -0.1) is 0 Å². The molecule has 3 N–H and O–H groups in total. The summed E-state index contributed by atoms with van der Waals surface area (Å²) in [6, 6.07) is 1.86. The van der Waals surface area contributed by atoms with Crippen molar-refractivity contribution in [3.63, 3.8) is 0 Å². The summed E-state index contributed by atoms with van der Waals surface area (Å²) in [5.41, 5.74) is 2.40.